The molecule has 8 heteroatoms. The maximum atomic E-state index is 13.0. The van der Waals surface area contributed by atoms with Crippen molar-refractivity contribution >= 4 is 15.9 Å². The molecule has 0 saturated carbocycles. The number of aryl methyl sites for hydroxylation is 2. The van der Waals surface area contributed by atoms with Crippen LogP contribution in [0.25, 0.3) is 5.69 Å². The molecule has 1 N–H and O–H groups in total. The predicted molar refractivity (Wildman–Crippen MR) is 119 cm³/mol. The molecule has 0 unspecified atom stereocenters. The molecule has 1 saturated heterocycles. The molecule has 1 aromatic heterocycles. The number of imidazole rings is 1. The van der Waals surface area contributed by atoms with E-state index in [0.717, 1.165) is 29.9 Å². The molecule has 1 fully saturated rings. The van der Waals surface area contributed by atoms with E-state index in [9.17, 15) is 13.2 Å². The maximum Gasteiger partial charge on any atom is 0.251 e. The third-order valence-electron chi connectivity index (χ3n) is 5.63. The fourth-order valence-electron chi connectivity index (χ4n) is 3.80. The van der Waals surface area contributed by atoms with E-state index < -0.39 is 10.0 Å². The number of hydrogen-bond acceptors (Lipinski definition) is 4. The highest BCUT2D eigenvalue weighted by Crippen LogP contribution is 2.24. The zero-order valence-corrected chi connectivity index (χ0v) is 18.5. The first kappa shape index (κ1) is 21.3. The Morgan fingerprint density at radius 3 is 2.42 bits per heavy atom. The Bertz CT molecular complexity index is 1190. The number of sulfonamides is 1. The van der Waals surface area contributed by atoms with Crippen molar-refractivity contribution < 1.29 is 13.2 Å². The molecule has 2 aromatic carbocycles. The lowest BCUT2D eigenvalue weighted by Crippen LogP contribution is -2.29. The smallest absolute Gasteiger partial charge is 0.251 e. The highest BCUT2D eigenvalue weighted by atomic mass is 32.2. The lowest BCUT2D eigenvalue weighted by molar-refractivity contribution is 0.0950. The summed E-state index contributed by atoms with van der Waals surface area (Å²) < 4.78 is 29.4. The van der Waals surface area contributed by atoms with Gasteiger partial charge in [-0.15, -0.1) is 0 Å². The second-order valence-corrected chi connectivity index (χ2v) is 9.69. The van der Waals surface area contributed by atoms with Gasteiger partial charge in [-0.1, -0.05) is 18.2 Å². The summed E-state index contributed by atoms with van der Waals surface area (Å²) in [5.41, 5.74) is 2.94. The van der Waals surface area contributed by atoms with Crippen LogP contribution in [0.15, 0.2) is 59.8 Å². The summed E-state index contributed by atoms with van der Waals surface area (Å²) in [5, 5.41) is 2.88. The van der Waals surface area contributed by atoms with Crippen LogP contribution >= 0.6 is 0 Å². The Balaban J connectivity index is 1.46. The lowest BCUT2D eigenvalue weighted by atomic mass is 10.1. The molecule has 0 bridgehead atoms. The zero-order valence-electron chi connectivity index (χ0n) is 17.7. The minimum atomic E-state index is -3.58. The number of hydrogen-bond donors (Lipinski definition) is 1. The lowest BCUT2D eigenvalue weighted by Gasteiger charge is -2.18. The zero-order chi connectivity index (χ0) is 22.0. The second-order valence-electron chi connectivity index (χ2n) is 7.79. The average Bonchev–Trinajstić information content (AvgIpc) is 3.45. The first-order chi connectivity index (χ1) is 14.9. The van der Waals surface area contributed by atoms with Gasteiger partial charge in [0.15, 0.2) is 0 Å². The normalized spacial score (nSPS) is 14.6. The van der Waals surface area contributed by atoms with Crippen LogP contribution in [0, 0.1) is 13.8 Å². The molecule has 7 nitrogen and oxygen atoms in total. The number of nitrogens with one attached hydrogen (secondary N) is 1. The second kappa shape index (κ2) is 8.64. The monoisotopic (exact) mass is 438 g/mol. The topological polar surface area (TPSA) is 84.3 Å². The van der Waals surface area contributed by atoms with Crippen molar-refractivity contribution in [3.8, 4) is 5.69 Å². The van der Waals surface area contributed by atoms with Crippen LogP contribution in [0.1, 0.15) is 40.2 Å². The number of carbonyl (C=O) groups excluding carboxylic acids is 1. The summed E-state index contributed by atoms with van der Waals surface area (Å²) in [4.78, 5) is 17.1. The summed E-state index contributed by atoms with van der Waals surface area (Å²) in [7, 11) is -3.58. The Labute approximate surface area is 182 Å². The molecular weight excluding hydrogens is 412 g/mol. The molecule has 0 spiro atoms. The largest absolute Gasteiger partial charge is 0.348 e. The molecule has 1 amide bonds. The fourth-order valence-corrected chi connectivity index (χ4v) is 5.56. The molecule has 0 radical (unpaired) electrons. The van der Waals surface area contributed by atoms with Gasteiger partial charge in [0.2, 0.25) is 10.0 Å². The van der Waals surface area contributed by atoms with E-state index in [4.69, 9.17) is 0 Å². The van der Waals surface area contributed by atoms with Crippen molar-refractivity contribution in [2.75, 3.05) is 13.1 Å². The number of benzene rings is 2. The Kier molecular flexibility index (Phi) is 5.93. The van der Waals surface area contributed by atoms with Gasteiger partial charge >= 0.3 is 0 Å². The van der Waals surface area contributed by atoms with Gasteiger partial charge in [-0.3, -0.25) is 4.79 Å². The summed E-state index contributed by atoms with van der Waals surface area (Å²) in [6.07, 6.45) is 5.40. The number of amides is 1. The van der Waals surface area contributed by atoms with Crippen LogP contribution in [0.4, 0.5) is 0 Å². The van der Waals surface area contributed by atoms with Crippen LogP contribution < -0.4 is 5.32 Å². The first-order valence-corrected chi connectivity index (χ1v) is 11.8. The molecule has 162 valence electrons. The average molecular weight is 439 g/mol. The van der Waals surface area contributed by atoms with Gasteiger partial charge in [0.1, 0.15) is 5.82 Å². The highest BCUT2D eigenvalue weighted by Gasteiger charge is 2.29. The van der Waals surface area contributed by atoms with Crippen molar-refractivity contribution in [1.29, 1.82) is 0 Å². The van der Waals surface area contributed by atoms with E-state index in [0.29, 0.717) is 30.8 Å². The van der Waals surface area contributed by atoms with Gasteiger partial charge in [0.05, 0.1) is 4.90 Å². The van der Waals surface area contributed by atoms with Gasteiger partial charge in [0, 0.05) is 43.3 Å². The van der Waals surface area contributed by atoms with E-state index in [1.807, 2.05) is 42.0 Å². The summed E-state index contributed by atoms with van der Waals surface area (Å²) in [6.45, 7) is 5.12. The summed E-state index contributed by atoms with van der Waals surface area (Å²) >= 11 is 0. The SMILES string of the molecule is Cc1ccc(C(=O)NCc2ccc(-n3ccnc3C)cc2)cc1S(=O)(=O)N1CCCC1. The Morgan fingerprint density at radius 2 is 1.77 bits per heavy atom. The minimum absolute atomic E-state index is 0.210. The number of carbonyl (C=O) groups is 1. The number of nitrogens with zero attached hydrogens (tertiary/aromatic N) is 3. The van der Waals surface area contributed by atoms with E-state index in [2.05, 4.69) is 10.3 Å². The molecule has 31 heavy (non-hydrogen) atoms. The molecule has 1 aliphatic heterocycles. The van der Waals surface area contributed by atoms with Gasteiger partial charge in [-0.25, -0.2) is 13.4 Å². The van der Waals surface area contributed by atoms with Crippen molar-refractivity contribution in [2.24, 2.45) is 0 Å². The number of aromatic nitrogens is 2. The molecule has 3 aromatic rings. The van der Waals surface area contributed by atoms with Crippen molar-refractivity contribution in [2.45, 2.75) is 38.1 Å². The fraction of sp³-hybridized carbons (Fsp3) is 0.304. The molecular formula is C23H26N4O3S. The number of rotatable bonds is 6. The van der Waals surface area contributed by atoms with Gasteiger partial charge < -0.3 is 9.88 Å². The van der Waals surface area contributed by atoms with Crippen molar-refractivity contribution in [3.05, 3.63) is 77.4 Å². The third kappa shape index (κ3) is 4.40. The van der Waals surface area contributed by atoms with Crippen LogP contribution in [0.3, 0.4) is 0 Å². The Morgan fingerprint density at radius 1 is 1.06 bits per heavy atom. The molecule has 1 aliphatic rings. The van der Waals surface area contributed by atoms with Crippen molar-refractivity contribution in [1.82, 2.24) is 19.2 Å². The molecule has 2 heterocycles. The van der Waals surface area contributed by atoms with Crippen LogP contribution in [-0.4, -0.2) is 41.3 Å². The molecule has 0 atom stereocenters. The van der Waals surface area contributed by atoms with Crippen LogP contribution in [-0.2, 0) is 16.6 Å². The van der Waals surface area contributed by atoms with Crippen LogP contribution in [0.5, 0.6) is 0 Å². The summed E-state index contributed by atoms with van der Waals surface area (Å²) in [5.74, 6) is 0.604. The van der Waals surface area contributed by atoms with E-state index in [1.165, 1.54) is 10.4 Å². The van der Waals surface area contributed by atoms with Gasteiger partial charge in [-0.2, -0.15) is 4.31 Å². The van der Waals surface area contributed by atoms with Gasteiger partial charge in [0.25, 0.3) is 5.91 Å². The Hall–Kier alpha value is -2.97. The first-order valence-electron chi connectivity index (χ1n) is 10.3. The highest BCUT2D eigenvalue weighted by molar-refractivity contribution is 7.89. The quantitative estimate of drug-likeness (QED) is 0.641. The van der Waals surface area contributed by atoms with E-state index >= 15 is 0 Å². The predicted octanol–water partition coefficient (Wildman–Crippen LogP) is 3.20. The standard InChI is InChI=1S/C23H26N4O3S/c1-17-5-8-20(15-22(17)31(29,30)26-12-3-4-13-26)23(28)25-16-19-6-9-21(10-7-19)27-14-11-24-18(27)2/h5-11,14-15H,3-4,12-13,16H2,1-2H3,(H,25,28). The maximum absolute atomic E-state index is 13.0. The molecule has 4 rings (SSSR count). The van der Waals surface area contributed by atoms with E-state index in [-0.39, 0.29) is 10.8 Å². The van der Waals surface area contributed by atoms with Crippen molar-refractivity contribution in [3.63, 3.8) is 0 Å². The summed E-state index contributed by atoms with van der Waals surface area (Å²) in [6, 6.07) is 12.7. The minimum Gasteiger partial charge on any atom is -0.348 e. The van der Waals surface area contributed by atoms with E-state index in [1.54, 1.807) is 25.3 Å². The third-order valence-corrected chi connectivity index (χ3v) is 7.67. The van der Waals surface area contributed by atoms with Gasteiger partial charge in [-0.05, 0) is 62.1 Å². The van der Waals surface area contributed by atoms with Crippen LogP contribution in [0.2, 0.25) is 0 Å². The molecule has 0 aliphatic carbocycles.